The van der Waals surface area contributed by atoms with Crippen LogP contribution in [0.25, 0.3) is 0 Å². The van der Waals surface area contributed by atoms with Crippen molar-refractivity contribution in [3.63, 3.8) is 0 Å². The normalized spacial score (nSPS) is 24.3. The number of nitrogens with zero attached hydrogens (tertiary/aromatic N) is 2. The van der Waals surface area contributed by atoms with Gasteiger partial charge in [-0.1, -0.05) is 31.3 Å². The van der Waals surface area contributed by atoms with Gasteiger partial charge in [0.2, 0.25) is 5.89 Å². The molecular weight excluding hydrogens is 242 g/mol. The smallest absolute Gasteiger partial charge is 0.231 e. The van der Waals surface area contributed by atoms with Crippen molar-refractivity contribution in [3.05, 3.63) is 11.7 Å². The molecule has 2 atom stereocenters. The van der Waals surface area contributed by atoms with Crippen LogP contribution in [0.15, 0.2) is 4.52 Å². The Morgan fingerprint density at radius 3 is 2.95 bits per heavy atom. The quantitative estimate of drug-likeness (QED) is 0.803. The zero-order valence-electron chi connectivity index (χ0n) is 12.0. The van der Waals surface area contributed by atoms with Gasteiger partial charge >= 0.3 is 0 Å². The van der Waals surface area contributed by atoms with Crippen molar-refractivity contribution >= 4 is 0 Å². The van der Waals surface area contributed by atoms with Crippen LogP contribution >= 0.6 is 0 Å². The number of hydrogen-bond acceptors (Lipinski definition) is 5. The van der Waals surface area contributed by atoms with Gasteiger partial charge in [-0.05, 0) is 25.8 Å². The summed E-state index contributed by atoms with van der Waals surface area (Å²) < 4.78 is 10.5. The zero-order valence-corrected chi connectivity index (χ0v) is 12.0. The minimum absolute atomic E-state index is 0.354. The molecule has 0 aliphatic heterocycles. The predicted octanol–water partition coefficient (Wildman–Crippen LogP) is 2.63. The van der Waals surface area contributed by atoms with Crippen LogP contribution in [0.2, 0.25) is 0 Å². The summed E-state index contributed by atoms with van der Waals surface area (Å²) in [6.45, 7) is 3.67. The zero-order chi connectivity index (χ0) is 13.5. The first kappa shape index (κ1) is 14.5. The average Bonchev–Trinajstić information content (AvgIpc) is 2.74. The second-order valence-electron chi connectivity index (χ2n) is 5.29. The Balaban J connectivity index is 2.06. The van der Waals surface area contributed by atoms with Gasteiger partial charge in [-0.3, -0.25) is 0 Å². The van der Waals surface area contributed by atoms with Crippen molar-refractivity contribution in [2.24, 2.45) is 0 Å². The molecular formula is C14H25N3O2. The van der Waals surface area contributed by atoms with E-state index in [2.05, 4.69) is 22.4 Å². The number of nitrogens with one attached hydrogen (secondary N) is 1. The summed E-state index contributed by atoms with van der Waals surface area (Å²) in [5.41, 5.74) is 0. The van der Waals surface area contributed by atoms with Gasteiger partial charge in [0.05, 0.1) is 5.92 Å². The molecule has 1 aromatic rings. The third-order valence-electron chi connectivity index (χ3n) is 3.75. The minimum Gasteiger partial charge on any atom is -0.377 e. The standard InChI is InChI=1S/C14H25N3O2/c1-3-9-15-12-8-6-4-5-7-11(12)14-16-13(10-18-2)17-19-14/h11-12,15H,3-10H2,1-2H3. The molecule has 0 radical (unpaired) electrons. The lowest BCUT2D eigenvalue weighted by Gasteiger charge is -2.23. The van der Waals surface area contributed by atoms with E-state index in [0.29, 0.717) is 24.4 Å². The second kappa shape index (κ2) is 7.60. The Hall–Kier alpha value is -0.940. The summed E-state index contributed by atoms with van der Waals surface area (Å²) in [4.78, 5) is 4.48. The molecule has 5 nitrogen and oxygen atoms in total. The van der Waals surface area contributed by atoms with Crippen LogP contribution in [0.1, 0.15) is 63.1 Å². The number of aromatic nitrogens is 2. The summed E-state index contributed by atoms with van der Waals surface area (Å²) in [6, 6.07) is 0.471. The Labute approximate surface area is 115 Å². The van der Waals surface area contributed by atoms with E-state index >= 15 is 0 Å². The van der Waals surface area contributed by atoms with Crippen LogP contribution in [0, 0.1) is 0 Å². The van der Waals surface area contributed by atoms with E-state index in [9.17, 15) is 0 Å². The van der Waals surface area contributed by atoms with E-state index in [1.807, 2.05) is 0 Å². The highest BCUT2D eigenvalue weighted by Crippen LogP contribution is 2.31. The maximum absolute atomic E-state index is 5.44. The first-order valence-electron chi connectivity index (χ1n) is 7.40. The van der Waals surface area contributed by atoms with Gasteiger partial charge in [-0.25, -0.2) is 0 Å². The lowest BCUT2D eigenvalue weighted by molar-refractivity contribution is 0.174. The minimum atomic E-state index is 0.354. The third kappa shape index (κ3) is 4.01. The molecule has 0 bridgehead atoms. The van der Waals surface area contributed by atoms with Gasteiger partial charge < -0.3 is 14.6 Å². The molecule has 1 aromatic heterocycles. The molecule has 19 heavy (non-hydrogen) atoms. The molecule has 1 saturated carbocycles. The molecule has 108 valence electrons. The van der Waals surface area contributed by atoms with E-state index in [1.54, 1.807) is 7.11 Å². The van der Waals surface area contributed by atoms with E-state index in [4.69, 9.17) is 9.26 Å². The van der Waals surface area contributed by atoms with Crippen LogP contribution in [0.3, 0.4) is 0 Å². The molecule has 1 N–H and O–H groups in total. The lowest BCUT2D eigenvalue weighted by atomic mass is 9.94. The fourth-order valence-corrected chi connectivity index (χ4v) is 2.78. The first-order chi connectivity index (χ1) is 9.35. The van der Waals surface area contributed by atoms with Gasteiger partial charge in [-0.2, -0.15) is 4.98 Å². The highest BCUT2D eigenvalue weighted by molar-refractivity contribution is 5.00. The highest BCUT2D eigenvalue weighted by atomic mass is 16.5. The van der Waals surface area contributed by atoms with Gasteiger partial charge in [0.15, 0.2) is 5.82 Å². The molecule has 0 saturated heterocycles. The van der Waals surface area contributed by atoms with Crippen molar-refractivity contribution in [2.45, 2.75) is 64.0 Å². The van der Waals surface area contributed by atoms with Crippen molar-refractivity contribution in [1.29, 1.82) is 0 Å². The monoisotopic (exact) mass is 267 g/mol. The summed E-state index contributed by atoms with van der Waals surface area (Å²) in [5.74, 6) is 1.78. The van der Waals surface area contributed by atoms with Crippen LogP contribution in [-0.2, 0) is 11.3 Å². The van der Waals surface area contributed by atoms with Crippen LogP contribution in [-0.4, -0.2) is 29.8 Å². The summed E-state index contributed by atoms with van der Waals surface area (Å²) in [7, 11) is 1.65. The second-order valence-corrected chi connectivity index (χ2v) is 5.29. The Morgan fingerprint density at radius 1 is 1.32 bits per heavy atom. The molecule has 1 heterocycles. The van der Waals surface area contributed by atoms with Gasteiger partial charge in [0, 0.05) is 13.2 Å². The van der Waals surface area contributed by atoms with Crippen LogP contribution in [0.5, 0.6) is 0 Å². The van der Waals surface area contributed by atoms with Crippen molar-refractivity contribution < 1.29 is 9.26 Å². The number of methoxy groups -OCH3 is 1. The van der Waals surface area contributed by atoms with Crippen molar-refractivity contribution in [2.75, 3.05) is 13.7 Å². The predicted molar refractivity (Wildman–Crippen MR) is 72.9 cm³/mol. The van der Waals surface area contributed by atoms with Gasteiger partial charge in [0.1, 0.15) is 6.61 Å². The SMILES string of the molecule is CCCNC1CCCCCC1c1nc(COC)no1. The van der Waals surface area contributed by atoms with Crippen molar-refractivity contribution in [3.8, 4) is 0 Å². The molecule has 2 rings (SSSR count). The first-order valence-corrected chi connectivity index (χ1v) is 7.40. The van der Waals surface area contributed by atoms with E-state index in [0.717, 1.165) is 25.3 Å². The molecule has 5 heteroatoms. The number of hydrogen-bond donors (Lipinski definition) is 1. The fourth-order valence-electron chi connectivity index (χ4n) is 2.78. The Bertz CT molecular complexity index is 367. The molecule has 0 spiro atoms. The number of rotatable bonds is 6. The molecule has 1 aliphatic rings. The Morgan fingerprint density at radius 2 is 2.16 bits per heavy atom. The molecule has 0 amide bonds. The highest BCUT2D eigenvalue weighted by Gasteiger charge is 2.29. The van der Waals surface area contributed by atoms with E-state index in [1.165, 1.54) is 25.7 Å². The topological polar surface area (TPSA) is 60.2 Å². The fraction of sp³-hybridized carbons (Fsp3) is 0.857. The molecule has 1 aliphatic carbocycles. The third-order valence-corrected chi connectivity index (χ3v) is 3.75. The number of ether oxygens (including phenoxy) is 1. The van der Waals surface area contributed by atoms with Gasteiger partial charge in [-0.15, -0.1) is 0 Å². The molecule has 2 unspecified atom stereocenters. The van der Waals surface area contributed by atoms with Crippen LogP contribution < -0.4 is 5.32 Å². The largest absolute Gasteiger partial charge is 0.377 e. The van der Waals surface area contributed by atoms with Gasteiger partial charge in [0.25, 0.3) is 0 Å². The maximum Gasteiger partial charge on any atom is 0.231 e. The maximum atomic E-state index is 5.44. The van der Waals surface area contributed by atoms with E-state index < -0.39 is 0 Å². The summed E-state index contributed by atoms with van der Waals surface area (Å²) >= 11 is 0. The van der Waals surface area contributed by atoms with E-state index in [-0.39, 0.29) is 0 Å². The summed E-state index contributed by atoms with van der Waals surface area (Å²) in [5, 5.41) is 7.63. The van der Waals surface area contributed by atoms with Crippen molar-refractivity contribution in [1.82, 2.24) is 15.5 Å². The van der Waals surface area contributed by atoms with Crippen LogP contribution in [0.4, 0.5) is 0 Å². The molecule has 1 fully saturated rings. The Kier molecular flexibility index (Phi) is 5.79. The summed E-state index contributed by atoms with van der Waals surface area (Å²) in [6.07, 6.45) is 7.33. The molecule has 0 aromatic carbocycles. The lowest BCUT2D eigenvalue weighted by Crippen LogP contribution is -2.35. The average molecular weight is 267 g/mol.